The highest BCUT2D eigenvalue weighted by molar-refractivity contribution is 5.73. The van der Waals surface area contributed by atoms with Crippen LogP contribution < -0.4 is 0 Å². The summed E-state index contributed by atoms with van der Waals surface area (Å²) >= 11 is 0. The molecule has 2 rings (SSSR count). The molecule has 2 heteroatoms. The van der Waals surface area contributed by atoms with Gasteiger partial charge in [0, 0.05) is 0 Å². The number of carbonyl (C=O) groups excluding carboxylic acids is 1. The number of ether oxygens (including phenoxy) is 1. The Bertz CT molecular complexity index is 411. The fourth-order valence-electron chi connectivity index (χ4n) is 3.03. The van der Waals surface area contributed by atoms with E-state index in [-0.39, 0.29) is 5.97 Å². The molecule has 2 nitrogen and oxygen atoms in total. The summed E-state index contributed by atoms with van der Waals surface area (Å²) in [5.74, 6) is 1.24. The predicted octanol–water partition coefficient (Wildman–Crippen LogP) is 3.70. The van der Waals surface area contributed by atoms with Crippen LogP contribution in [0.1, 0.15) is 50.2 Å². The summed E-state index contributed by atoms with van der Waals surface area (Å²) in [6.45, 7) is 4.63. The van der Waals surface area contributed by atoms with Gasteiger partial charge < -0.3 is 4.74 Å². The van der Waals surface area contributed by atoms with Crippen molar-refractivity contribution in [3.63, 3.8) is 0 Å². The van der Waals surface area contributed by atoms with Gasteiger partial charge in [-0.2, -0.15) is 0 Å². The lowest BCUT2D eigenvalue weighted by molar-refractivity contribution is -0.142. The second kappa shape index (κ2) is 6.03. The first-order valence-corrected chi connectivity index (χ1v) is 6.95. The zero-order valence-electron chi connectivity index (χ0n) is 11.3. The fourth-order valence-corrected chi connectivity index (χ4v) is 3.03. The molecule has 1 aromatic carbocycles. The highest BCUT2D eigenvalue weighted by Gasteiger charge is 2.26. The van der Waals surface area contributed by atoms with E-state index in [1.807, 2.05) is 13.0 Å². The summed E-state index contributed by atoms with van der Waals surface area (Å²) in [6, 6.07) is 8.34. The van der Waals surface area contributed by atoms with Crippen LogP contribution in [0, 0.1) is 5.92 Å². The average molecular weight is 246 g/mol. The van der Waals surface area contributed by atoms with Gasteiger partial charge in [0.05, 0.1) is 13.0 Å². The molecular weight excluding hydrogens is 224 g/mol. The summed E-state index contributed by atoms with van der Waals surface area (Å²) in [4.78, 5) is 11.6. The van der Waals surface area contributed by atoms with Gasteiger partial charge in [-0.05, 0) is 36.3 Å². The largest absolute Gasteiger partial charge is 0.466 e. The molecule has 0 spiro atoms. The van der Waals surface area contributed by atoms with Gasteiger partial charge in [-0.3, -0.25) is 4.79 Å². The van der Waals surface area contributed by atoms with E-state index in [2.05, 4.69) is 25.1 Å². The lowest BCUT2D eigenvalue weighted by Crippen LogP contribution is -2.12. The second-order valence-electron chi connectivity index (χ2n) is 5.20. The first-order valence-electron chi connectivity index (χ1n) is 6.95. The Hall–Kier alpha value is -1.31. The Morgan fingerprint density at radius 1 is 1.33 bits per heavy atom. The number of hydrogen-bond donors (Lipinski definition) is 0. The van der Waals surface area contributed by atoms with Gasteiger partial charge in [0.25, 0.3) is 0 Å². The number of carbonyl (C=O) groups is 1. The van der Waals surface area contributed by atoms with E-state index in [1.165, 1.54) is 24.8 Å². The molecule has 0 heterocycles. The summed E-state index contributed by atoms with van der Waals surface area (Å²) in [6.07, 6.45) is 4.27. The van der Waals surface area contributed by atoms with E-state index in [9.17, 15) is 4.79 Å². The van der Waals surface area contributed by atoms with Crippen molar-refractivity contribution in [2.75, 3.05) is 6.61 Å². The van der Waals surface area contributed by atoms with E-state index < -0.39 is 0 Å². The number of rotatable bonds is 4. The highest BCUT2D eigenvalue weighted by atomic mass is 16.5. The molecule has 2 unspecified atom stereocenters. The third-order valence-electron chi connectivity index (χ3n) is 3.96. The summed E-state index contributed by atoms with van der Waals surface area (Å²) < 4.78 is 5.05. The average Bonchev–Trinajstić information content (AvgIpc) is 2.76. The first-order chi connectivity index (χ1) is 8.72. The molecule has 0 aliphatic heterocycles. The lowest BCUT2D eigenvalue weighted by Gasteiger charge is -2.19. The molecule has 0 bridgehead atoms. The molecule has 0 aromatic heterocycles. The lowest BCUT2D eigenvalue weighted by atomic mass is 9.86. The molecule has 0 saturated heterocycles. The topological polar surface area (TPSA) is 26.3 Å². The van der Waals surface area contributed by atoms with Crippen molar-refractivity contribution in [2.24, 2.45) is 5.92 Å². The van der Waals surface area contributed by atoms with Gasteiger partial charge >= 0.3 is 5.97 Å². The van der Waals surface area contributed by atoms with Crippen molar-refractivity contribution in [3.8, 4) is 0 Å². The van der Waals surface area contributed by atoms with Crippen molar-refractivity contribution in [3.05, 3.63) is 35.4 Å². The van der Waals surface area contributed by atoms with Crippen molar-refractivity contribution in [1.82, 2.24) is 0 Å². The van der Waals surface area contributed by atoms with Crippen LogP contribution in [0.5, 0.6) is 0 Å². The van der Waals surface area contributed by atoms with Crippen LogP contribution in [0.2, 0.25) is 0 Å². The van der Waals surface area contributed by atoms with Gasteiger partial charge in [-0.25, -0.2) is 0 Å². The molecule has 0 N–H and O–H groups in total. The molecule has 98 valence electrons. The SMILES string of the molecule is CCOC(=O)Cc1ccccc1C1CCCC1C. The summed E-state index contributed by atoms with van der Waals surface area (Å²) in [7, 11) is 0. The molecule has 18 heavy (non-hydrogen) atoms. The molecule has 1 fully saturated rings. The van der Waals surface area contributed by atoms with E-state index in [4.69, 9.17) is 4.74 Å². The van der Waals surface area contributed by atoms with E-state index in [0.29, 0.717) is 18.9 Å². The van der Waals surface area contributed by atoms with E-state index in [1.54, 1.807) is 0 Å². The minimum absolute atomic E-state index is 0.115. The second-order valence-corrected chi connectivity index (χ2v) is 5.20. The van der Waals surface area contributed by atoms with Crippen LogP contribution in [0.15, 0.2) is 24.3 Å². The van der Waals surface area contributed by atoms with Gasteiger partial charge in [0.1, 0.15) is 0 Å². The molecule has 1 saturated carbocycles. The van der Waals surface area contributed by atoms with Crippen LogP contribution in [0.25, 0.3) is 0 Å². The van der Waals surface area contributed by atoms with Crippen LogP contribution in [-0.4, -0.2) is 12.6 Å². The van der Waals surface area contributed by atoms with Crippen LogP contribution >= 0.6 is 0 Å². The van der Waals surface area contributed by atoms with E-state index >= 15 is 0 Å². The number of benzene rings is 1. The zero-order chi connectivity index (χ0) is 13.0. The molecule has 0 radical (unpaired) electrons. The van der Waals surface area contributed by atoms with Crippen molar-refractivity contribution < 1.29 is 9.53 Å². The van der Waals surface area contributed by atoms with Gasteiger partial charge in [-0.15, -0.1) is 0 Å². The van der Waals surface area contributed by atoms with Crippen LogP contribution in [-0.2, 0) is 16.0 Å². The smallest absolute Gasteiger partial charge is 0.310 e. The van der Waals surface area contributed by atoms with Gasteiger partial charge in [-0.1, -0.05) is 44.0 Å². The summed E-state index contributed by atoms with van der Waals surface area (Å²) in [5, 5.41) is 0. The first kappa shape index (κ1) is 13.1. The van der Waals surface area contributed by atoms with Gasteiger partial charge in [0.15, 0.2) is 0 Å². The summed E-state index contributed by atoms with van der Waals surface area (Å²) in [5.41, 5.74) is 2.50. The fraction of sp³-hybridized carbons (Fsp3) is 0.562. The molecule has 0 amide bonds. The minimum Gasteiger partial charge on any atom is -0.466 e. The van der Waals surface area contributed by atoms with E-state index in [0.717, 1.165) is 11.5 Å². The Morgan fingerprint density at radius 2 is 2.11 bits per heavy atom. The van der Waals surface area contributed by atoms with Crippen LogP contribution in [0.3, 0.4) is 0 Å². The Morgan fingerprint density at radius 3 is 2.78 bits per heavy atom. The number of esters is 1. The third-order valence-corrected chi connectivity index (χ3v) is 3.96. The minimum atomic E-state index is -0.115. The normalized spacial score (nSPS) is 23.0. The quantitative estimate of drug-likeness (QED) is 0.757. The Kier molecular flexibility index (Phi) is 4.40. The van der Waals surface area contributed by atoms with Gasteiger partial charge in [0.2, 0.25) is 0 Å². The molecular formula is C16H22O2. The van der Waals surface area contributed by atoms with Crippen molar-refractivity contribution in [1.29, 1.82) is 0 Å². The maximum atomic E-state index is 11.6. The Balaban J connectivity index is 2.17. The van der Waals surface area contributed by atoms with Crippen LogP contribution in [0.4, 0.5) is 0 Å². The van der Waals surface area contributed by atoms with Crippen molar-refractivity contribution >= 4 is 5.97 Å². The third kappa shape index (κ3) is 2.92. The molecule has 1 aliphatic carbocycles. The number of hydrogen-bond acceptors (Lipinski definition) is 2. The standard InChI is InChI=1S/C16H22O2/c1-3-18-16(17)11-13-8-4-5-9-15(13)14-10-6-7-12(14)2/h4-5,8-9,12,14H,3,6-7,10-11H2,1-2H3. The highest BCUT2D eigenvalue weighted by Crippen LogP contribution is 2.40. The predicted molar refractivity (Wildman–Crippen MR) is 72.5 cm³/mol. The maximum absolute atomic E-state index is 11.6. The van der Waals surface area contributed by atoms with Crippen molar-refractivity contribution in [2.45, 2.75) is 45.4 Å². The molecule has 2 atom stereocenters. The Labute approximate surface area is 109 Å². The zero-order valence-corrected chi connectivity index (χ0v) is 11.3. The maximum Gasteiger partial charge on any atom is 0.310 e. The molecule has 1 aromatic rings. The molecule has 1 aliphatic rings. The monoisotopic (exact) mass is 246 g/mol.